The van der Waals surface area contributed by atoms with Gasteiger partial charge < -0.3 is 20.6 Å². The standard InChI is InChI=1S/C18H19N3O2/c1-10-4-12-6-13(8-19)23-18(12)14(5-10)11-2-3-15-16(7-11)21-17(9-22)20-15/h2-5,7,13,22H,6,8-9,19H2,1H3,(H,20,21). The van der Waals surface area contributed by atoms with E-state index in [0.29, 0.717) is 12.4 Å². The molecule has 4 N–H and O–H groups in total. The van der Waals surface area contributed by atoms with Crippen LogP contribution in [0.5, 0.6) is 5.75 Å². The molecule has 23 heavy (non-hydrogen) atoms. The number of nitrogens with zero attached hydrogens (tertiary/aromatic N) is 1. The van der Waals surface area contributed by atoms with Gasteiger partial charge in [0.2, 0.25) is 0 Å². The Morgan fingerprint density at radius 1 is 1.35 bits per heavy atom. The van der Waals surface area contributed by atoms with Crippen LogP contribution in [0, 0.1) is 6.92 Å². The summed E-state index contributed by atoms with van der Waals surface area (Å²) in [7, 11) is 0. The zero-order chi connectivity index (χ0) is 16.0. The summed E-state index contributed by atoms with van der Waals surface area (Å²) in [5.74, 6) is 1.51. The fourth-order valence-electron chi connectivity index (χ4n) is 3.24. The molecule has 3 aromatic rings. The zero-order valence-corrected chi connectivity index (χ0v) is 13.0. The van der Waals surface area contributed by atoms with Crippen molar-refractivity contribution < 1.29 is 9.84 Å². The van der Waals surface area contributed by atoms with Crippen molar-refractivity contribution in [2.24, 2.45) is 5.73 Å². The molecule has 1 aromatic heterocycles. The molecule has 5 nitrogen and oxygen atoms in total. The lowest BCUT2D eigenvalue weighted by Crippen LogP contribution is -2.24. The lowest BCUT2D eigenvalue weighted by molar-refractivity contribution is 0.242. The number of benzene rings is 2. The molecule has 4 rings (SSSR count). The van der Waals surface area contributed by atoms with Crippen LogP contribution >= 0.6 is 0 Å². The van der Waals surface area contributed by atoms with Gasteiger partial charge >= 0.3 is 0 Å². The number of ether oxygens (including phenoxy) is 1. The van der Waals surface area contributed by atoms with Crippen LogP contribution in [0.1, 0.15) is 17.0 Å². The second-order valence-corrected chi connectivity index (χ2v) is 6.05. The van der Waals surface area contributed by atoms with E-state index in [2.05, 4.69) is 35.1 Å². The third kappa shape index (κ3) is 2.38. The van der Waals surface area contributed by atoms with Crippen molar-refractivity contribution in [3.8, 4) is 16.9 Å². The van der Waals surface area contributed by atoms with Crippen molar-refractivity contribution in [3.63, 3.8) is 0 Å². The molecule has 0 fully saturated rings. The van der Waals surface area contributed by atoms with E-state index >= 15 is 0 Å². The molecule has 2 heterocycles. The zero-order valence-electron chi connectivity index (χ0n) is 13.0. The average molecular weight is 309 g/mol. The molecular weight excluding hydrogens is 290 g/mol. The van der Waals surface area contributed by atoms with E-state index in [9.17, 15) is 5.11 Å². The van der Waals surface area contributed by atoms with Crippen LogP contribution < -0.4 is 10.5 Å². The number of nitrogens with two attached hydrogens (primary N) is 1. The van der Waals surface area contributed by atoms with Gasteiger partial charge in [-0.05, 0) is 41.8 Å². The highest BCUT2D eigenvalue weighted by molar-refractivity contribution is 5.84. The molecule has 0 saturated heterocycles. The minimum atomic E-state index is -0.0921. The van der Waals surface area contributed by atoms with Crippen molar-refractivity contribution in [2.75, 3.05) is 6.54 Å². The first-order chi connectivity index (χ1) is 11.2. The number of aromatic nitrogens is 2. The molecule has 0 saturated carbocycles. The maximum Gasteiger partial charge on any atom is 0.133 e. The number of hydrogen-bond acceptors (Lipinski definition) is 4. The molecule has 118 valence electrons. The number of fused-ring (bicyclic) bond motifs is 2. The number of hydrogen-bond donors (Lipinski definition) is 3. The number of aryl methyl sites for hydroxylation is 1. The van der Waals surface area contributed by atoms with Gasteiger partial charge in [0.15, 0.2) is 0 Å². The van der Waals surface area contributed by atoms with Crippen molar-refractivity contribution in [1.29, 1.82) is 0 Å². The highest BCUT2D eigenvalue weighted by Gasteiger charge is 2.25. The average Bonchev–Trinajstić information content (AvgIpc) is 3.16. The number of aliphatic hydroxyl groups excluding tert-OH is 1. The monoisotopic (exact) mass is 309 g/mol. The topological polar surface area (TPSA) is 84.2 Å². The second-order valence-electron chi connectivity index (χ2n) is 6.05. The summed E-state index contributed by atoms with van der Waals surface area (Å²) in [6, 6.07) is 10.4. The van der Waals surface area contributed by atoms with Gasteiger partial charge in [0.05, 0.1) is 11.0 Å². The lowest BCUT2D eigenvalue weighted by Gasteiger charge is -2.12. The van der Waals surface area contributed by atoms with Gasteiger partial charge in [-0.25, -0.2) is 4.98 Å². The number of imidazole rings is 1. The second kappa shape index (κ2) is 5.37. The maximum atomic E-state index is 9.22. The molecule has 0 bridgehead atoms. The Morgan fingerprint density at radius 2 is 2.22 bits per heavy atom. The molecule has 5 heteroatoms. The summed E-state index contributed by atoms with van der Waals surface area (Å²) in [5, 5.41) is 9.22. The predicted octanol–water partition coefficient (Wildman–Crippen LogP) is 2.29. The number of H-pyrrole nitrogens is 1. The summed E-state index contributed by atoms with van der Waals surface area (Å²) < 4.78 is 6.04. The van der Waals surface area contributed by atoms with Crippen molar-refractivity contribution in [1.82, 2.24) is 9.97 Å². The minimum absolute atomic E-state index is 0.0578. The Hall–Kier alpha value is -2.37. The maximum absolute atomic E-state index is 9.22. The summed E-state index contributed by atoms with van der Waals surface area (Å²) in [6.45, 7) is 2.52. The van der Waals surface area contributed by atoms with E-state index in [1.807, 2.05) is 12.1 Å². The summed E-state index contributed by atoms with van der Waals surface area (Å²) >= 11 is 0. The van der Waals surface area contributed by atoms with Gasteiger partial charge in [0, 0.05) is 18.5 Å². The summed E-state index contributed by atoms with van der Waals surface area (Å²) in [5.41, 5.74) is 12.1. The van der Waals surface area contributed by atoms with E-state index in [0.717, 1.165) is 34.3 Å². The van der Waals surface area contributed by atoms with Gasteiger partial charge in [-0.2, -0.15) is 0 Å². The van der Waals surface area contributed by atoms with Crippen LogP contribution in [-0.2, 0) is 13.0 Å². The van der Waals surface area contributed by atoms with Gasteiger partial charge in [-0.1, -0.05) is 12.1 Å². The van der Waals surface area contributed by atoms with Gasteiger partial charge in [0.1, 0.15) is 24.3 Å². The molecule has 1 unspecified atom stereocenters. The smallest absolute Gasteiger partial charge is 0.133 e. The fraction of sp³-hybridized carbons (Fsp3) is 0.278. The van der Waals surface area contributed by atoms with Crippen LogP contribution in [0.2, 0.25) is 0 Å². The Labute approximate surface area is 134 Å². The first-order valence-corrected chi connectivity index (χ1v) is 7.78. The lowest BCUT2D eigenvalue weighted by atomic mass is 9.97. The molecule has 1 aliphatic heterocycles. The van der Waals surface area contributed by atoms with Crippen molar-refractivity contribution in [3.05, 3.63) is 47.3 Å². The molecule has 0 spiro atoms. The van der Waals surface area contributed by atoms with E-state index in [1.54, 1.807) is 0 Å². The molecule has 0 aliphatic carbocycles. The van der Waals surface area contributed by atoms with E-state index < -0.39 is 0 Å². The first kappa shape index (κ1) is 14.2. The van der Waals surface area contributed by atoms with Gasteiger partial charge in [0.25, 0.3) is 0 Å². The van der Waals surface area contributed by atoms with Crippen molar-refractivity contribution in [2.45, 2.75) is 26.1 Å². The molecule has 1 atom stereocenters. The van der Waals surface area contributed by atoms with Gasteiger partial charge in [-0.3, -0.25) is 0 Å². The molecule has 1 aliphatic rings. The minimum Gasteiger partial charge on any atom is -0.488 e. The highest BCUT2D eigenvalue weighted by atomic mass is 16.5. The Balaban J connectivity index is 1.85. The third-order valence-corrected chi connectivity index (χ3v) is 4.30. The molecular formula is C18H19N3O2. The van der Waals surface area contributed by atoms with E-state index in [1.165, 1.54) is 11.1 Å². The van der Waals surface area contributed by atoms with Crippen LogP contribution in [0.4, 0.5) is 0 Å². The van der Waals surface area contributed by atoms with Crippen LogP contribution in [0.3, 0.4) is 0 Å². The van der Waals surface area contributed by atoms with Crippen LogP contribution in [0.15, 0.2) is 30.3 Å². The first-order valence-electron chi connectivity index (χ1n) is 7.78. The summed E-state index contributed by atoms with van der Waals surface area (Å²) in [6.07, 6.45) is 0.920. The SMILES string of the molecule is Cc1cc2c(c(-c3ccc4nc(CO)[nH]c4c3)c1)OC(CN)C2. The van der Waals surface area contributed by atoms with Crippen LogP contribution in [-0.4, -0.2) is 27.7 Å². The molecule has 0 amide bonds. The Morgan fingerprint density at radius 3 is 3.00 bits per heavy atom. The Bertz CT molecular complexity index is 885. The number of rotatable bonds is 3. The fourth-order valence-corrected chi connectivity index (χ4v) is 3.24. The quantitative estimate of drug-likeness (QED) is 0.693. The van der Waals surface area contributed by atoms with Crippen LogP contribution in [0.25, 0.3) is 22.2 Å². The number of aliphatic hydroxyl groups is 1. The number of nitrogens with one attached hydrogen (secondary N) is 1. The largest absolute Gasteiger partial charge is 0.488 e. The van der Waals surface area contributed by atoms with E-state index in [-0.39, 0.29) is 12.7 Å². The van der Waals surface area contributed by atoms with Crippen molar-refractivity contribution >= 4 is 11.0 Å². The van der Waals surface area contributed by atoms with Gasteiger partial charge in [-0.15, -0.1) is 0 Å². The van der Waals surface area contributed by atoms with E-state index in [4.69, 9.17) is 10.5 Å². The number of aromatic amines is 1. The summed E-state index contributed by atoms with van der Waals surface area (Å²) in [4.78, 5) is 7.46. The normalized spacial score (nSPS) is 16.6. The molecule has 0 radical (unpaired) electrons. The third-order valence-electron chi connectivity index (χ3n) is 4.30. The molecule has 2 aromatic carbocycles. The predicted molar refractivity (Wildman–Crippen MR) is 89.4 cm³/mol. The highest BCUT2D eigenvalue weighted by Crippen LogP contribution is 2.40. The Kier molecular flexibility index (Phi) is 3.32.